The molecule has 2 nitrogen and oxygen atoms in total. The Morgan fingerprint density at radius 1 is 1.31 bits per heavy atom. The van der Waals surface area contributed by atoms with E-state index in [0.717, 1.165) is 41.5 Å². The van der Waals surface area contributed by atoms with Gasteiger partial charge in [-0.05, 0) is 65.7 Å². The predicted molar refractivity (Wildman–Crippen MR) is 65.5 cm³/mol. The topological polar surface area (TPSA) is 29.5 Å². The summed E-state index contributed by atoms with van der Waals surface area (Å²) in [6.07, 6.45) is 5.76. The lowest BCUT2D eigenvalue weighted by Crippen LogP contribution is -2.24. The number of ether oxygens (including phenoxy) is 1. The van der Waals surface area contributed by atoms with E-state index >= 15 is 0 Å². The van der Waals surface area contributed by atoms with Crippen LogP contribution < -0.4 is 4.74 Å². The molecular formula is C13H15BrO2. The summed E-state index contributed by atoms with van der Waals surface area (Å²) in [5, 5.41) is 9.99. The van der Waals surface area contributed by atoms with Crippen LogP contribution in [0.25, 0.3) is 0 Å². The molecule has 1 N–H and O–H groups in total. The summed E-state index contributed by atoms with van der Waals surface area (Å²) in [5.74, 6) is 0.901. The molecule has 86 valence electrons. The highest BCUT2D eigenvalue weighted by Gasteiger charge is 2.42. The number of rotatable bonds is 3. The Labute approximate surface area is 104 Å². The Morgan fingerprint density at radius 2 is 2.06 bits per heavy atom. The molecule has 0 aliphatic heterocycles. The fraction of sp³-hybridized carbons (Fsp3) is 0.538. The van der Waals surface area contributed by atoms with Gasteiger partial charge in [0, 0.05) is 0 Å². The van der Waals surface area contributed by atoms with Gasteiger partial charge >= 0.3 is 0 Å². The van der Waals surface area contributed by atoms with Crippen molar-refractivity contribution < 1.29 is 9.84 Å². The monoisotopic (exact) mass is 282 g/mol. The lowest BCUT2D eigenvalue weighted by molar-refractivity contribution is 0.119. The highest BCUT2D eigenvalue weighted by atomic mass is 79.9. The number of hydrogen-bond acceptors (Lipinski definition) is 2. The summed E-state index contributed by atoms with van der Waals surface area (Å²) in [6, 6.07) is 5.93. The lowest BCUT2D eigenvalue weighted by atomic mass is 9.96. The average Bonchev–Trinajstić information content (AvgIpc) is 2.93. The van der Waals surface area contributed by atoms with Gasteiger partial charge in [0.1, 0.15) is 5.75 Å². The van der Waals surface area contributed by atoms with Crippen LogP contribution in [0.5, 0.6) is 5.75 Å². The molecule has 1 aromatic carbocycles. The molecule has 0 unspecified atom stereocenters. The molecule has 0 spiro atoms. The van der Waals surface area contributed by atoms with Crippen molar-refractivity contribution in [2.45, 2.75) is 43.8 Å². The first-order chi connectivity index (χ1) is 7.67. The smallest absolute Gasteiger partial charge is 0.133 e. The maximum absolute atomic E-state index is 9.99. The van der Waals surface area contributed by atoms with Gasteiger partial charge in [-0.2, -0.15) is 0 Å². The molecule has 0 saturated heterocycles. The van der Waals surface area contributed by atoms with Gasteiger partial charge in [-0.3, -0.25) is 0 Å². The van der Waals surface area contributed by atoms with Crippen LogP contribution in [-0.4, -0.2) is 11.2 Å². The van der Waals surface area contributed by atoms with Gasteiger partial charge < -0.3 is 9.84 Å². The van der Waals surface area contributed by atoms with Crippen molar-refractivity contribution in [1.82, 2.24) is 0 Å². The first-order valence-electron chi connectivity index (χ1n) is 5.86. The molecule has 3 rings (SSSR count). The quantitative estimate of drug-likeness (QED) is 0.921. The SMILES string of the molecule is OC1(c2ccc(OC3CCC3)c(Br)c2)CC1. The molecule has 2 aliphatic rings. The minimum absolute atomic E-state index is 0.395. The van der Waals surface area contributed by atoms with E-state index in [9.17, 15) is 5.11 Å². The second-order valence-electron chi connectivity index (χ2n) is 4.85. The standard InChI is InChI=1S/C13H15BrO2/c14-11-8-9(13(15)6-7-13)4-5-12(11)16-10-2-1-3-10/h4-5,8,10,15H,1-3,6-7H2. The molecule has 16 heavy (non-hydrogen) atoms. The number of aliphatic hydroxyl groups is 1. The van der Waals surface area contributed by atoms with Gasteiger partial charge in [-0.25, -0.2) is 0 Å². The normalized spacial score (nSPS) is 22.6. The van der Waals surface area contributed by atoms with E-state index in [1.54, 1.807) is 0 Å². The summed E-state index contributed by atoms with van der Waals surface area (Å²) >= 11 is 3.51. The fourth-order valence-corrected chi connectivity index (χ4v) is 2.43. The zero-order valence-corrected chi connectivity index (χ0v) is 10.7. The fourth-order valence-electron chi connectivity index (χ4n) is 1.96. The maximum Gasteiger partial charge on any atom is 0.133 e. The molecule has 2 fully saturated rings. The Kier molecular flexibility index (Phi) is 2.48. The molecule has 3 heteroatoms. The Balaban J connectivity index is 1.79. The highest BCUT2D eigenvalue weighted by Crippen LogP contribution is 2.46. The third-order valence-electron chi connectivity index (χ3n) is 3.54. The molecule has 0 amide bonds. The van der Waals surface area contributed by atoms with Gasteiger partial charge in [-0.1, -0.05) is 6.07 Å². The van der Waals surface area contributed by atoms with Crippen LogP contribution in [0.3, 0.4) is 0 Å². The van der Waals surface area contributed by atoms with Crippen molar-refractivity contribution in [2.75, 3.05) is 0 Å². The molecule has 0 aromatic heterocycles. The van der Waals surface area contributed by atoms with Gasteiger partial charge in [0.25, 0.3) is 0 Å². The molecule has 1 aromatic rings. The second kappa shape index (κ2) is 3.74. The minimum atomic E-state index is -0.558. The van der Waals surface area contributed by atoms with Gasteiger partial charge in [0.2, 0.25) is 0 Å². The average molecular weight is 283 g/mol. The number of halogens is 1. The molecule has 2 saturated carbocycles. The first-order valence-corrected chi connectivity index (χ1v) is 6.66. The molecule has 0 atom stereocenters. The highest BCUT2D eigenvalue weighted by molar-refractivity contribution is 9.10. The first kappa shape index (κ1) is 10.6. The second-order valence-corrected chi connectivity index (χ2v) is 5.70. The summed E-state index contributed by atoms with van der Waals surface area (Å²) in [4.78, 5) is 0. The van der Waals surface area contributed by atoms with Crippen LogP contribution >= 0.6 is 15.9 Å². The molecule has 0 bridgehead atoms. The third kappa shape index (κ3) is 1.87. The van der Waals surface area contributed by atoms with Crippen LogP contribution in [0, 0.1) is 0 Å². The van der Waals surface area contributed by atoms with E-state index in [2.05, 4.69) is 15.9 Å². The van der Waals surface area contributed by atoms with Gasteiger partial charge in [0.05, 0.1) is 16.2 Å². The number of hydrogen-bond donors (Lipinski definition) is 1. The summed E-state index contributed by atoms with van der Waals surface area (Å²) < 4.78 is 6.80. The Morgan fingerprint density at radius 3 is 2.56 bits per heavy atom. The van der Waals surface area contributed by atoms with E-state index < -0.39 is 5.60 Å². The number of benzene rings is 1. The largest absolute Gasteiger partial charge is 0.489 e. The summed E-state index contributed by atoms with van der Waals surface area (Å²) in [6.45, 7) is 0. The van der Waals surface area contributed by atoms with E-state index in [1.807, 2.05) is 18.2 Å². The summed E-state index contributed by atoms with van der Waals surface area (Å²) in [7, 11) is 0. The summed E-state index contributed by atoms with van der Waals surface area (Å²) in [5.41, 5.74) is 0.442. The van der Waals surface area contributed by atoms with E-state index in [-0.39, 0.29) is 0 Å². The van der Waals surface area contributed by atoms with Crippen molar-refractivity contribution >= 4 is 15.9 Å². The molecule has 0 radical (unpaired) electrons. The van der Waals surface area contributed by atoms with Crippen LogP contribution in [0.15, 0.2) is 22.7 Å². The van der Waals surface area contributed by atoms with Crippen molar-refractivity contribution in [1.29, 1.82) is 0 Å². The lowest BCUT2D eigenvalue weighted by Gasteiger charge is -2.27. The van der Waals surface area contributed by atoms with Crippen molar-refractivity contribution in [3.8, 4) is 5.75 Å². The van der Waals surface area contributed by atoms with E-state index in [0.29, 0.717) is 6.10 Å². The van der Waals surface area contributed by atoms with Crippen molar-refractivity contribution in [2.24, 2.45) is 0 Å². The zero-order chi connectivity index (χ0) is 11.2. The molecule has 2 aliphatic carbocycles. The minimum Gasteiger partial charge on any atom is -0.489 e. The molecule has 0 heterocycles. The van der Waals surface area contributed by atoms with Crippen molar-refractivity contribution in [3.05, 3.63) is 28.2 Å². The van der Waals surface area contributed by atoms with Crippen LogP contribution in [0.4, 0.5) is 0 Å². The van der Waals surface area contributed by atoms with E-state index in [1.165, 1.54) is 6.42 Å². The van der Waals surface area contributed by atoms with Gasteiger partial charge in [0.15, 0.2) is 0 Å². The van der Waals surface area contributed by atoms with Gasteiger partial charge in [-0.15, -0.1) is 0 Å². The zero-order valence-electron chi connectivity index (χ0n) is 9.08. The van der Waals surface area contributed by atoms with Crippen LogP contribution in [-0.2, 0) is 5.60 Å². The molecular weight excluding hydrogens is 268 g/mol. The third-order valence-corrected chi connectivity index (χ3v) is 4.16. The Hall–Kier alpha value is -0.540. The van der Waals surface area contributed by atoms with E-state index in [4.69, 9.17) is 4.74 Å². The van der Waals surface area contributed by atoms with Crippen LogP contribution in [0.2, 0.25) is 0 Å². The maximum atomic E-state index is 9.99. The van der Waals surface area contributed by atoms with Crippen LogP contribution in [0.1, 0.15) is 37.7 Å². The Bertz CT molecular complexity index is 408. The predicted octanol–water partition coefficient (Wildman–Crippen LogP) is 3.36. The van der Waals surface area contributed by atoms with Crippen molar-refractivity contribution in [3.63, 3.8) is 0 Å².